The van der Waals surface area contributed by atoms with E-state index in [4.69, 9.17) is 4.74 Å². The molecule has 0 saturated carbocycles. The second kappa shape index (κ2) is 7.00. The Balaban J connectivity index is 1.99. The van der Waals surface area contributed by atoms with Crippen LogP contribution in [0.4, 0.5) is 0 Å². The van der Waals surface area contributed by atoms with Crippen molar-refractivity contribution in [1.29, 1.82) is 0 Å². The minimum Gasteiger partial charge on any atom is -0.465 e. The first kappa shape index (κ1) is 14.5. The van der Waals surface area contributed by atoms with Crippen LogP contribution in [0.3, 0.4) is 0 Å². The van der Waals surface area contributed by atoms with Crippen LogP contribution in [0.2, 0.25) is 0 Å². The first-order valence-corrected chi connectivity index (χ1v) is 6.90. The standard InChI is InChI=1S/C14H27NO2/c1-14(2,3)13(16)17-12-8-7-11-15-9-5-4-6-10-15/h4-12H2,1-3H3. The number of nitrogens with zero attached hydrogens (tertiary/aromatic N) is 1. The van der Waals surface area contributed by atoms with Gasteiger partial charge in [-0.25, -0.2) is 0 Å². The van der Waals surface area contributed by atoms with Crippen LogP contribution in [0.25, 0.3) is 0 Å². The van der Waals surface area contributed by atoms with Crippen LogP contribution in [0.15, 0.2) is 0 Å². The number of hydrogen-bond donors (Lipinski definition) is 0. The molecule has 0 amide bonds. The fourth-order valence-electron chi connectivity index (χ4n) is 2.00. The molecule has 0 radical (unpaired) electrons. The number of likely N-dealkylation sites (tertiary alicyclic amines) is 1. The lowest BCUT2D eigenvalue weighted by Gasteiger charge is -2.26. The molecule has 0 aromatic heterocycles. The van der Waals surface area contributed by atoms with E-state index in [1.807, 2.05) is 20.8 Å². The van der Waals surface area contributed by atoms with Crippen LogP contribution in [-0.2, 0) is 9.53 Å². The van der Waals surface area contributed by atoms with E-state index in [1.54, 1.807) is 0 Å². The molecule has 0 spiro atoms. The number of carbonyl (C=O) groups is 1. The van der Waals surface area contributed by atoms with Crippen LogP contribution >= 0.6 is 0 Å². The largest absolute Gasteiger partial charge is 0.465 e. The van der Waals surface area contributed by atoms with Gasteiger partial charge in [0.2, 0.25) is 0 Å². The normalized spacial score (nSPS) is 18.1. The van der Waals surface area contributed by atoms with Gasteiger partial charge < -0.3 is 9.64 Å². The van der Waals surface area contributed by atoms with Crippen molar-refractivity contribution in [2.75, 3.05) is 26.2 Å². The molecular formula is C14H27NO2. The highest BCUT2D eigenvalue weighted by Gasteiger charge is 2.22. The lowest BCUT2D eigenvalue weighted by atomic mass is 9.97. The lowest BCUT2D eigenvalue weighted by Crippen LogP contribution is -2.30. The van der Waals surface area contributed by atoms with E-state index in [9.17, 15) is 4.79 Å². The maximum atomic E-state index is 11.5. The topological polar surface area (TPSA) is 29.5 Å². The monoisotopic (exact) mass is 241 g/mol. The molecule has 1 rings (SSSR count). The molecule has 1 aliphatic rings. The predicted molar refractivity (Wildman–Crippen MR) is 69.9 cm³/mol. The molecule has 1 fully saturated rings. The molecule has 1 saturated heterocycles. The van der Waals surface area contributed by atoms with Crippen molar-refractivity contribution in [3.63, 3.8) is 0 Å². The molecular weight excluding hydrogens is 214 g/mol. The van der Waals surface area contributed by atoms with E-state index < -0.39 is 0 Å². The summed E-state index contributed by atoms with van der Waals surface area (Å²) < 4.78 is 5.24. The Kier molecular flexibility index (Phi) is 5.96. The first-order chi connectivity index (χ1) is 8.00. The zero-order valence-corrected chi connectivity index (χ0v) is 11.6. The second-order valence-corrected chi connectivity index (χ2v) is 6.00. The van der Waals surface area contributed by atoms with Crippen LogP contribution in [0, 0.1) is 5.41 Å². The van der Waals surface area contributed by atoms with Gasteiger partial charge in [0.25, 0.3) is 0 Å². The summed E-state index contributed by atoms with van der Waals surface area (Å²) in [6.45, 7) is 9.91. The Morgan fingerprint density at radius 2 is 1.76 bits per heavy atom. The third-order valence-electron chi connectivity index (χ3n) is 3.16. The zero-order valence-electron chi connectivity index (χ0n) is 11.6. The van der Waals surface area contributed by atoms with Crippen molar-refractivity contribution in [3.05, 3.63) is 0 Å². The van der Waals surface area contributed by atoms with Crippen molar-refractivity contribution in [1.82, 2.24) is 4.90 Å². The highest BCUT2D eigenvalue weighted by Crippen LogP contribution is 2.15. The number of unbranched alkanes of at least 4 members (excludes halogenated alkanes) is 1. The average Bonchev–Trinajstić information content (AvgIpc) is 2.28. The maximum absolute atomic E-state index is 11.5. The number of esters is 1. The number of hydrogen-bond acceptors (Lipinski definition) is 3. The van der Waals surface area contributed by atoms with Gasteiger partial charge in [-0.05, 0) is 66.1 Å². The molecule has 0 aromatic carbocycles. The Labute approximate surface area is 106 Å². The smallest absolute Gasteiger partial charge is 0.311 e. The van der Waals surface area contributed by atoms with Crippen molar-refractivity contribution in [2.24, 2.45) is 5.41 Å². The van der Waals surface area contributed by atoms with Gasteiger partial charge in [-0.3, -0.25) is 4.79 Å². The van der Waals surface area contributed by atoms with E-state index in [0.717, 1.165) is 19.4 Å². The highest BCUT2D eigenvalue weighted by atomic mass is 16.5. The van der Waals surface area contributed by atoms with Gasteiger partial charge in [0.05, 0.1) is 12.0 Å². The number of rotatable bonds is 5. The second-order valence-electron chi connectivity index (χ2n) is 6.00. The van der Waals surface area contributed by atoms with Gasteiger partial charge in [0, 0.05) is 0 Å². The maximum Gasteiger partial charge on any atom is 0.311 e. The van der Waals surface area contributed by atoms with E-state index in [-0.39, 0.29) is 11.4 Å². The van der Waals surface area contributed by atoms with Crippen molar-refractivity contribution >= 4 is 5.97 Å². The lowest BCUT2D eigenvalue weighted by molar-refractivity contribution is -0.153. The van der Waals surface area contributed by atoms with Crippen LogP contribution in [-0.4, -0.2) is 37.1 Å². The van der Waals surface area contributed by atoms with E-state index >= 15 is 0 Å². The highest BCUT2D eigenvalue weighted by molar-refractivity contribution is 5.75. The fraction of sp³-hybridized carbons (Fsp3) is 0.929. The third kappa shape index (κ3) is 6.06. The van der Waals surface area contributed by atoms with Crippen molar-refractivity contribution in [2.45, 2.75) is 52.9 Å². The molecule has 0 unspecified atom stereocenters. The Morgan fingerprint density at radius 1 is 1.12 bits per heavy atom. The zero-order chi connectivity index (χ0) is 12.7. The number of carbonyl (C=O) groups excluding carboxylic acids is 1. The average molecular weight is 241 g/mol. The van der Waals surface area contributed by atoms with Gasteiger partial charge in [-0.2, -0.15) is 0 Å². The third-order valence-corrected chi connectivity index (χ3v) is 3.16. The van der Waals surface area contributed by atoms with Crippen molar-refractivity contribution in [3.8, 4) is 0 Å². The predicted octanol–water partition coefficient (Wildman–Crippen LogP) is 2.84. The van der Waals surface area contributed by atoms with Gasteiger partial charge in [-0.1, -0.05) is 6.42 Å². The minimum atomic E-state index is -0.368. The molecule has 1 heterocycles. The molecule has 3 heteroatoms. The molecule has 1 aliphatic heterocycles. The molecule has 100 valence electrons. The SMILES string of the molecule is CC(C)(C)C(=O)OCCCCN1CCCCC1. The molecule has 3 nitrogen and oxygen atoms in total. The van der Waals surface area contributed by atoms with E-state index in [2.05, 4.69) is 4.90 Å². The summed E-state index contributed by atoms with van der Waals surface area (Å²) >= 11 is 0. The molecule has 0 N–H and O–H groups in total. The van der Waals surface area contributed by atoms with Gasteiger partial charge in [0.15, 0.2) is 0 Å². The fourth-order valence-corrected chi connectivity index (χ4v) is 2.00. The number of piperidine rings is 1. The molecule has 0 aliphatic carbocycles. The quantitative estimate of drug-likeness (QED) is 0.547. The first-order valence-electron chi connectivity index (χ1n) is 6.90. The Bertz CT molecular complexity index is 227. The van der Waals surface area contributed by atoms with Crippen molar-refractivity contribution < 1.29 is 9.53 Å². The van der Waals surface area contributed by atoms with Crippen LogP contribution in [0.5, 0.6) is 0 Å². The van der Waals surface area contributed by atoms with Gasteiger partial charge in [-0.15, -0.1) is 0 Å². The van der Waals surface area contributed by atoms with E-state index in [1.165, 1.54) is 32.4 Å². The molecule has 17 heavy (non-hydrogen) atoms. The molecule has 0 aromatic rings. The summed E-state index contributed by atoms with van der Waals surface area (Å²) in [5.41, 5.74) is -0.368. The van der Waals surface area contributed by atoms with Gasteiger partial charge >= 0.3 is 5.97 Å². The minimum absolute atomic E-state index is 0.0875. The molecule has 0 bridgehead atoms. The Hall–Kier alpha value is -0.570. The molecule has 0 atom stereocenters. The summed E-state index contributed by atoms with van der Waals surface area (Å²) in [6, 6.07) is 0. The summed E-state index contributed by atoms with van der Waals surface area (Å²) in [6.07, 6.45) is 6.20. The summed E-state index contributed by atoms with van der Waals surface area (Å²) in [4.78, 5) is 14.0. The van der Waals surface area contributed by atoms with Crippen LogP contribution < -0.4 is 0 Å². The van der Waals surface area contributed by atoms with Gasteiger partial charge in [0.1, 0.15) is 0 Å². The number of ether oxygens (including phenoxy) is 1. The summed E-state index contributed by atoms with van der Waals surface area (Å²) in [5.74, 6) is -0.0875. The Morgan fingerprint density at radius 3 is 2.35 bits per heavy atom. The van der Waals surface area contributed by atoms with Crippen LogP contribution in [0.1, 0.15) is 52.9 Å². The summed E-state index contributed by atoms with van der Waals surface area (Å²) in [5, 5.41) is 0. The van der Waals surface area contributed by atoms with E-state index in [0.29, 0.717) is 6.61 Å². The summed E-state index contributed by atoms with van der Waals surface area (Å²) in [7, 11) is 0.